The molecular formula is C12H27NO9S3. The van der Waals surface area contributed by atoms with Crippen LogP contribution in [0.25, 0.3) is 0 Å². The van der Waals surface area contributed by atoms with Crippen LogP contribution in [-0.2, 0) is 14.4 Å². The summed E-state index contributed by atoms with van der Waals surface area (Å²) in [4.78, 5) is 29.7. The highest BCUT2D eigenvalue weighted by atomic mass is 32.1. The van der Waals surface area contributed by atoms with E-state index >= 15 is 0 Å². The van der Waals surface area contributed by atoms with E-state index in [0.29, 0.717) is 19.6 Å². The quantitative estimate of drug-likeness (QED) is 0.193. The number of aliphatic hydroxyl groups excluding tert-OH is 3. The topological polar surface area (TPSA) is 176 Å². The molecule has 0 atom stereocenters. The third kappa shape index (κ3) is 51.7. The Hall–Kier alpha value is -0.700. The highest BCUT2D eigenvalue weighted by Gasteiger charge is 2.00. The normalized spacial score (nSPS) is 8.76. The molecular weight excluding hydrogens is 398 g/mol. The fraction of sp³-hybridized carbons (Fsp3) is 0.750. The van der Waals surface area contributed by atoms with Crippen LogP contribution in [0, 0.1) is 0 Å². The molecule has 0 bridgehead atoms. The Morgan fingerprint density at radius 1 is 0.600 bits per heavy atom. The van der Waals surface area contributed by atoms with Gasteiger partial charge >= 0.3 is 17.9 Å². The molecule has 0 rings (SSSR count). The summed E-state index contributed by atoms with van der Waals surface area (Å²) in [6.07, 6.45) is 0. The maximum atomic E-state index is 9.29. The number of carboxylic acid groups (broad SMARTS) is 3. The van der Waals surface area contributed by atoms with Gasteiger partial charge in [-0.1, -0.05) is 0 Å². The standard InChI is InChI=1S/C6H15NO3.3C2H4O2S/c8-4-1-7(2-5-9)3-6-10;3*3-2(4)1-5/h8-10H,1-6H2;3*5H,1H2,(H,3,4). The van der Waals surface area contributed by atoms with E-state index in [1.165, 1.54) is 0 Å². The number of aliphatic carboxylic acids is 3. The lowest BCUT2D eigenvalue weighted by atomic mass is 10.4. The molecule has 0 aromatic rings. The van der Waals surface area contributed by atoms with E-state index in [4.69, 9.17) is 30.6 Å². The summed E-state index contributed by atoms with van der Waals surface area (Å²) in [5.74, 6) is -2.89. The van der Waals surface area contributed by atoms with Crippen LogP contribution in [0.4, 0.5) is 0 Å². The third-order valence-electron chi connectivity index (χ3n) is 1.65. The molecule has 0 aliphatic rings. The third-order valence-corrected chi connectivity index (χ3v) is 2.47. The van der Waals surface area contributed by atoms with Crippen molar-refractivity contribution >= 4 is 55.8 Å². The van der Waals surface area contributed by atoms with Crippen LogP contribution < -0.4 is 0 Å². The fourth-order valence-corrected chi connectivity index (χ4v) is 0.760. The molecule has 0 amide bonds. The molecule has 0 fully saturated rings. The lowest BCUT2D eigenvalue weighted by molar-refractivity contribution is -0.134. The minimum atomic E-state index is -0.881. The first-order chi connectivity index (χ1) is 11.7. The van der Waals surface area contributed by atoms with Gasteiger partial charge in [-0.05, 0) is 0 Å². The van der Waals surface area contributed by atoms with Crippen LogP contribution in [0.1, 0.15) is 0 Å². The number of nitrogens with zero attached hydrogens (tertiary/aromatic N) is 1. The van der Waals surface area contributed by atoms with Gasteiger partial charge in [-0.2, -0.15) is 37.9 Å². The molecule has 0 saturated heterocycles. The Morgan fingerprint density at radius 2 is 0.760 bits per heavy atom. The molecule has 0 aromatic heterocycles. The van der Waals surface area contributed by atoms with Crippen molar-refractivity contribution in [1.82, 2.24) is 4.90 Å². The van der Waals surface area contributed by atoms with Gasteiger partial charge in [0.25, 0.3) is 0 Å². The van der Waals surface area contributed by atoms with Crippen LogP contribution in [0.5, 0.6) is 0 Å². The fourth-order valence-electron chi connectivity index (χ4n) is 0.760. The van der Waals surface area contributed by atoms with E-state index in [2.05, 4.69) is 37.9 Å². The van der Waals surface area contributed by atoms with Crippen LogP contribution in [-0.4, -0.2) is 110 Å². The molecule has 13 heteroatoms. The number of hydrogen-bond acceptors (Lipinski definition) is 10. The number of carboxylic acids is 3. The van der Waals surface area contributed by atoms with E-state index in [1.54, 1.807) is 4.90 Å². The monoisotopic (exact) mass is 425 g/mol. The second-order valence-electron chi connectivity index (χ2n) is 3.67. The maximum Gasteiger partial charge on any atom is 0.313 e. The molecule has 0 radical (unpaired) electrons. The molecule has 25 heavy (non-hydrogen) atoms. The van der Waals surface area contributed by atoms with Gasteiger partial charge in [-0.25, -0.2) is 0 Å². The summed E-state index contributed by atoms with van der Waals surface area (Å²) in [6, 6.07) is 0. The highest BCUT2D eigenvalue weighted by Crippen LogP contribution is 1.84. The molecule has 0 saturated carbocycles. The Labute approximate surface area is 162 Å². The number of hydrogen-bond donors (Lipinski definition) is 9. The average molecular weight is 426 g/mol. The van der Waals surface area contributed by atoms with Crippen molar-refractivity contribution in [2.75, 3.05) is 56.7 Å². The molecule has 10 nitrogen and oxygen atoms in total. The lowest BCUT2D eigenvalue weighted by Crippen LogP contribution is -2.32. The Kier molecular flexibility index (Phi) is 36.0. The predicted molar refractivity (Wildman–Crippen MR) is 102 cm³/mol. The summed E-state index contributed by atoms with van der Waals surface area (Å²) in [7, 11) is 0. The summed E-state index contributed by atoms with van der Waals surface area (Å²) in [6.45, 7) is 1.75. The Balaban J connectivity index is -0.000000126. The van der Waals surface area contributed by atoms with Gasteiger partial charge in [0.05, 0.1) is 37.1 Å². The second-order valence-corrected chi connectivity index (χ2v) is 4.62. The van der Waals surface area contributed by atoms with Crippen molar-refractivity contribution in [2.24, 2.45) is 0 Å². The smallest absolute Gasteiger partial charge is 0.313 e. The summed E-state index contributed by atoms with van der Waals surface area (Å²) in [5, 5.41) is 48.4. The first kappa shape index (κ1) is 32.0. The zero-order valence-electron chi connectivity index (χ0n) is 13.6. The van der Waals surface area contributed by atoms with Gasteiger partial charge in [0, 0.05) is 19.6 Å². The van der Waals surface area contributed by atoms with Crippen molar-refractivity contribution in [1.29, 1.82) is 0 Å². The maximum absolute atomic E-state index is 9.29. The van der Waals surface area contributed by atoms with Crippen LogP contribution in [0.3, 0.4) is 0 Å². The number of aliphatic hydroxyl groups is 3. The van der Waals surface area contributed by atoms with Gasteiger partial charge in [-0.15, -0.1) is 0 Å². The van der Waals surface area contributed by atoms with Crippen molar-refractivity contribution in [3.8, 4) is 0 Å². The summed E-state index contributed by atoms with van der Waals surface area (Å²) in [5.41, 5.74) is 0. The van der Waals surface area contributed by atoms with E-state index in [-0.39, 0.29) is 37.1 Å². The van der Waals surface area contributed by atoms with E-state index < -0.39 is 17.9 Å². The average Bonchev–Trinajstić information content (AvgIpc) is 2.57. The molecule has 152 valence electrons. The largest absolute Gasteiger partial charge is 0.481 e. The molecule has 0 aliphatic heterocycles. The van der Waals surface area contributed by atoms with Crippen molar-refractivity contribution in [2.45, 2.75) is 0 Å². The van der Waals surface area contributed by atoms with Crippen LogP contribution in [0.15, 0.2) is 0 Å². The molecule has 0 aromatic carbocycles. The Morgan fingerprint density at radius 3 is 0.840 bits per heavy atom. The second kappa shape index (κ2) is 28.1. The van der Waals surface area contributed by atoms with Gasteiger partial charge in [0.2, 0.25) is 0 Å². The van der Waals surface area contributed by atoms with Crippen LogP contribution in [0.2, 0.25) is 0 Å². The number of carbonyl (C=O) groups is 3. The summed E-state index contributed by atoms with van der Waals surface area (Å²) < 4.78 is 0. The van der Waals surface area contributed by atoms with E-state index in [1.807, 2.05) is 0 Å². The first-order valence-electron chi connectivity index (χ1n) is 6.69. The molecule has 0 aliphatic carbocycles. The molecule has 0 unspecified atom stereocenters. The predicted octanol–water partition coefficient (Wildman–Crippen LogP) is -1.73. The first-order valence-corrected chi connectivity index (χ1v) is 8.59. The molecule has 0 spiro atoms. The summed E-state index contributed by atoms with van der Waals surface area (Å²) >= 11 is 10.2. The van der Waals surface area contributed by atoms with Gasteiger partial charge in [0.1, 0.15) is 0 Å². The zero-order valence-corrected chi connectivity index (χ0v) is 16.2. The van der Waals surface area contributed by atoms with Crippen molar-refractivity contribution in [3.05, 3.63) is 0 Å². The zero-order chi connectivity index (χ0) is 20.7. The highest BCUT2D eigenvalue weighted by molar-refractivity contribution is 7.81. The van der Waals surface area contributed by atoms with Crippen molar-refractivity contribution < 1.29 is 45.0 Å². The van der Waals surface area contributed by atoms with Crippen molar-refractivity contribution in [3.63, 3.8) is 0 Å². The lowest BCUT2D eigenvalue weighted by Gasteiger charge is -2.17. The van der Waals surface area contributed by atoms with Crippen LogP contribution >= 0.6 is 37.9 Å². The van der Waals surface area contributed by atoms with E-state index in [0.717, 1.165) is 0 Å². The van der Waals surface area contributed by atoms with Gasteiger partial charge < -0.3 is 30.6 Å². The molecule has 0 heterocycles. The number of rotatable bonds is 9. The SMILES string of the molecule is O=C(O)CS.O=C(O)CS.O=C(O)CS.OCCN(CCO)CCO. The minimum Gasteiger partial charge on any atom is -0.481 e. The van der Waals surface area contributed by atoms with Gasteiger partial charge in [0.15, 0.2) is 0 Å². The van der Waals surface area contributed by atoms with Gasteiger partial charge in [-0.3, -0.25) is 19.3 Å². The van der Waals surface area contributed by atoms with E-state index in [9.17, 15) is 14.4 Å². The Bertz CT molecular complexity index is 275. The molecule has 6 N–H and O–H groups in total. The number of thiol groups is 3. The minimum absolute atomic E-state index is 0.0694.